The number of alkyl halides is 1. The molecular weight excluding hydrogens is 532 g/mol. The van der Waals surface area contributed by atoms with Gasteiger partial charge in [0.25, 0.3) is 0 Å². The van der Waals surface area contributed by atoms with E-state index in [0.717, 1.165) is 82.3 Å². The number of hydrogen-bond donors (Lipinski definition) is 2. The summed E-state index contributed by atoms with van der Waals surface area (Å²) in [5, 5.41) is 5.77. The highest BCUT2D eigenvalue weighted by molar-refractivity contribution is 9.09. The van der Waals surface area contributed by atoms with Crippen molar-refractivity contribution >= 4 is 49.4 Å². The number of imidazole rings is 1. The van der Waals surface area contributed by atoms with E-state index in [1.54, 1.807) is 0 Å². The Labute approximate surface area is 236 Å². The van der Waals surface area contributed by atoms with Gasteiger partial charge in [-0.25, -0.2) is 9.97 Å². The molecule has 38 heavy (non-hydrogen) atoms. The first-order chi connectivity index (χ1) is 18.7. The fourth-order valence-electron chi connectivity index (χ4n) is 5.06. The van der Waals surface area contributed by atoms with E-state index in [-0.39, 0.29) is 0 Å². The maximum absolute atomic E-state index is 5.11. The third-order valence-electron chi connectivity index (χ3n) is 7.08. The number of nitrogens with one attached hydrogen (secondary N) is 2. The van der Waals surface area contributed by atoms with E-state index in [2.05, 4.69) is 94.4 Å². The molecular formula is C33H41BrN4. The van der Waals surface area contributed by atoms with Crippen LogP contribution in [0.3, 0.4) is 0 Å². The molecule has 0 saturated heterocycles. The van der Waals surface area contributed by atoms with E-state index in [1.165, 1.54) is 38.5 Å². The van der Waals surface area contributed by atoms with Crippen molar-refractivity contribution < 1.29 is 0 Å². The van der Waals surface area contributed by atoms with Gasteiger partial charge in [-0.05, 0) is 56.0 Å². The van der Waals surface area contributed by atoms with Gasteiger partial charge < -0.3 is 10.3 Å². The van der Waals surface area contributed by atoms with Crippen LogP contribution < -0.4 is 5.32 Å². The standard InChI is InChI=1S/C33H41BrN4/c1-3-15-26(16-4-2)32-37-30-28-18-12-13-19-29(28)36-33(31(30)38-32)35-27-22-20-25(21-23-27)17-11-9-7-5-6-8-10-14-24-34/h12-13,18-23,26H,3-10,14-16,24H2,1-2H3,(H,35,36)(H,37,38). The van der Waals surface area contributed by atoms with Gasteiger partial charge in [0.1, 0.15) is 16.9 Å². The van der Waals surface area contributed by atoms with Crippen LogP contribution in [0.25, 0.3) is 21.9 Å². The predicted octanol–water partition coefficient (Wildman–Crippen LogP) is 10.0. The number of rotatable bonds is 14. The Balaban J connectivity index is 1.47. The molecule has 0 amide bonds. The van der Waals surface area contributed by atoms with Gasteiger partial charge in [-0.1, -0.05) is 98.3 Å². The molecule has 4 nitrogen and oxygen atoms in total. The van der Waals surface area contributed by atoms with E-state index in [0.29, 0.717) is 5.92 Å². The van der Waals surface area contributed by atoms with E-state index >= 15 is 0 Å². The quantitative estimate of drug-likeness (QED) is 0.0897. The second kappa shape index (κ2) is 14.9. The van der Waals surface area contributed by atoms with Crippen LogP contribution in [-0.2, 0) is 0 Å². The van der Waals surface area contributed by atoms with Gasteiger partial charge in [0.15, 0.2) is 5.82 Å². The average Bonchev–Trinajstić information content (AvgIpc) is 3.39. The number of hydrogen-bond acceptors (Lipinski definition) is 3. The van der Waals surface area contributed by atoms with E-state index in [1.807, 2.05) is 6.07 Å². The van der Waals surface area contributed by atoms with Gasteiger partial charge in [0.2, 0.25) is 0 Å². The van der Waals surface area contributed by atoms with Gasteiger partial charge in [0.05, 0.1) is 5.52 Å². The van der Waals surface area contributed by atoms with Gasteiger partial charge in [-0.15, -0.1) is 0 Å². The molecule has 2 aromatic carbocycles. The Hall–Kier alpha value is -2.84. The molecule has 0 saturated carbocycles. The molecule has 0 unspecified atom stereocenters. The number of unbranched alkanes of at least 4 members (excludes halogenated alkanes) is 6. The lowest BCUT2D eigenvalue weighted by Crippen LogP contribution is -2.00. The maximum atomic E-state index is 5.11. The van der Waals surface area contributed by atoms with Crippen LogP contribution in [0.15, 0.2) is 48.5 Å². The Morgan fingerprint density at radius 3 is 2.32 bits per heavy atom. The normalized spacial score (nSPS) is 11.3. The van der Waals surface area contributed by atoms with Crippen molar-refractivity contribution in [2.75, 3.05) is 10.6 Å². The first-order valence-electron chi connectivity index (χ1n) is 14.4. The summed E-state index contributed by atoms with van der Waals surface area (Å²) in [6, 6.07) is 16.6. The number of aromatic amines is 1. The highest BCUT2D eigenvalue weighted by Crippen LogP contribution is 2.33. The van der Waals surface area contributed by atoms with Crippen LogP contribution in [0.2, 0.25) is 0 Å². The lowest BCUT2D eigenvalue weighted by Gasteiger charge is -2.11. The third kappa shape index (κ3) is 7.60. The second-order valence-corrected chi connectivity index (χ2v) is 11.0. The van der Waals surface area contributed by atoms with Gasteiger partial charge in [0, 0.05) is 34.3 Å². The molecule has 0 aliphatic heterocycles. The minimum absolute atomic E-state index is 0.445. The molecule has 0 bridgehead atoms. The Morgan fingerprint density at radius 1 is 0.868 bits per heavy atom. The third-order valence-corrected chi connectivity index (χ3v) is 7.64. The van der Waals surface area contributed by atoms with Crippen LogP contribution in [-0.4, -0.2) is 20.3 Å². The smallest absolute Gasteiger partial charge is 0.157 e. The number of aromatic nitrogens is 3. The maximum Gasteiger partial charge on any atom is 0.157 e. The number of fused-ring (bicyclic) bond motifs is 3. The molecule has 2 aromatic heterocycles. The summed E-state index contributed by atoms with van der Waals surface area (Å²) in [7, 11) is 0. The summed E-state index contributed by atoms with van der Waals surface area (Å²) in [5.74, 6) is 9.01. The molecule has 0 spiro atoms. The van der Waals surface area contributed by atoms with Crippen molar-refractivity contribution in [3.8, 4) is 11.8 Å². The lowest BCUT2D eigenvalue weighted by atomic mass is 9.98. The zero-order chi connectivity index (χ0) is 26.6. The summed E-state index contributed by atoms with van der Waals surface area (Å²) in [6.45, 7) is 4.50. The molecule has 200 valence electrons. The molecule has 0 radical (unpaired) electrons. The first kappa shape index (κ1) is 28.2. The second-order valence-electron chi connectivity index (χ2n) is 10.2. The van der Waals surface area contributed by atoms with Crippen molar-refractivity contribution in [3.63, 3.8) is 0 Å². The fraction of sp³-hybridized carbons (Fsp3) is 0.455. The minimum Gasteiger partial charge on any atom is -0.339 e. The van der Waals surface area contributed by atoms with Crippen LogP contribution >= 0.6 is 15.9 Å². The minimum atomic E-state index is 0.445. The van der Waals surface area contributed by atoms with Gasteiger partial charge in [-0.3, -0.25) is 0 Å². The number of pyridine rings is 1. The van der Waals surface area contributed by atoms with Crippen LogP contribution in [0.5, 0.6) is 0 Å². The number of benzene rings is 2. The highest BCUT2D eigenvalue weighted by atomic mass is 79.9. The number of nitrogens with zero attached hydrogens (tertiary/aromatic N) is 2. The first-order valence-corrected chi connectivity index (χ1v) is 15.6. The fourth-order valence-corrected chi connectivity index (χ4v) is 5.45. The molecule has 4 rings (SSSR count). The summed E-state index contributed by atoms with van der Waals surface area (Å²) < 4.78 is 0. The summed E-state index contributed by atoms with van der Waals surface area (Å²) >= 11 is 3.50. The molecule has 0 aliphatic carbocycles. The van der Waals surface area contributed by atoms with E-state index in [4.69, 9.17) is 9.97 Å². The SMILES string of the molecule is CCCC(CCC)c1nc2c([nH]1)c(Nc1ccc(C#CCCCCCCCCBr)cc1)nc1ccccc12. The van der Waals surface area contributed by atoms with E-state index < -0.39 is 0 Å². The molecule has 0 atom stereocenters. The van der Waals surface area contributed by atoms with Crippen molar-refractivity contribution in [2.45, 2.75) is 90.4 Å². The van der Waals surface area contributed by atoms with E-state index in [9.17, 15) is 0 Å². The highest BCUT2D eigenvalue weighted by Gasteiger charge is 2.18. The van der Waals surface area contributed by atoms with Crippen molar-refractivity contribution in [2.24, 2.45) is 0 Å². The Bertz CT molecular complexity index is 1340. The number of para-hydroxylation sites is 1. The number of halogens is 1. The molecule has 2 heterocycles. The average molecular weight is 574 g/mol. The summed E-state index contributed by atoms with van der Waals surface area (Å²) in [6.07, 6.45) is 13.3. The zero-order valence-corrected chi connectivity index (χ0v) is 24.5. The van der Waals surface area contributed by atoms with Crippen molar-refractivity contribution in [1.82, 2.24) is 15.0 Å². The predicted molar refractivity (Wildman–Crippen MR) is 167 cm³/mol. The Kier molecular flexibility index (Phi) is 11.1. The number of anilines is 2. The largest absolute Gasteiger partial charge is 0.339 e. The van der Waals surface area contributed by atoms with Crippen molar-refractivity contribution in [3.05, 3.63) is 59.9 Å². The summed E-state index contributed by atoms with van der Waals surface area (Å²) in [4.78, 5) is 13.7. The summed E-state index contributed by atoms with van der Waals surface area (Å²) in [5.41, 5.74) is 4.98. The van der Waals surface area contributed by atoms with Gasteiger partial charge in [-0.2, -0.15) is 0 Å². The molecule has 4 aromatic rings. The Morgan fingerprint density at radius 2 is 1.58 bits per heavy atom. The topological polar surface area (TPSA) is 53.6 Å². The van der Waals surface area contributed by atoms with Crippen LogP contribution in [0.4, 0.5) is 11.5 Å². The molecule has 0 fully saturated rings. The molecule has 5 heteroatoms. The lowest BCUT2D eigenvalue weighted by molar-refractivity contribution is 0.539. The van der Waals surface area contributed by atoms with Crippen LogP contribution in [0, 0.1) is 11.8 Å². The number of H-pyrrole nitrogens is 1. The molecule has 0 aliphatic rings. The van der Waals surface area contributed by atoms with Crippen molar-refractivity contribution in [1.29, 1.82) is 0 Å². The monoisotopic (exact) mass is 572 g/mol. The van der Waals surface area contributed by atoms with Gasteiger partial charge >= 0.3 is 0 Å². The zero-order valence-electron chi connectivity index (χ0n) is 23.0. The van der Waals surface area contributed by atoms with Crippen LogP contribution in [0.1, 0.15) is 102 Å². The molecule has 2 N–H and O–H groups in total.